The van der Waals surface area contributed by atoms with Gasteiger partial charge in [-0.3, -0.25) is 0 Å². The summed E-state index contributed by atoms with van der Waals surface area (Å²) in [4.78, 5) is 25.9. The van der Waals surface area contributed by atoms with Crippen LogP contribution in [0.5, 0.6) is 0 Å². The van der Waals surface area contributed by atoms with E-state index < -0.39 is 5.60 Å². The SMILES string of the molecule is CCCc1cc(N2CCCC(N(CC3CC3)C(=O)OC(C)(C)C)C2)nc(Cl)n1. The number of hydrogen-bond acceptors (Lipinski definition) is 5. The van der Waals surface area contributed by atoms with Gasteiger partial charge < -0.3 is 14.5 Å². The van der Waals surface area contributed by atoms with Crippen molar-refractivity contribution in [3.8, 4) is 0 Å². The monoisotopic (exact) mass is 408 g/mol. The Bertz CT molecular complexity index is 687. The molecule has 0 N–H and O–H groups in total. The lowest BCUT2D eigenvalue weighted by Gasteiger charge is -2.40. The van der Waals surface area contributed by atoms with Gasteiger partial charge in [-0.05, 0) is 70.4 Å². The van der Waals surface area contributed by atoms with E-state index in [1.165, 1.54) is 12.8 Å². The highest BCUT2D eigenvalue weighted by molar-refractivity contribution is 6.28. The lowest BCUT2D eigenvalue weighted by Crippen LogP contribution is -2.52. The maximum absolute atomic E-state index is 12.9. The smallest absolute Gasteiger partial charge is 0.410 e. The molecule has 156 valence electrons. The van der Waals surface area contributed by atoms with Gasteiger partial charge in [-0.1, -0.05) is 13.3 Å². The molecule has 7 heteroatoms. The van der Waals surface area contributed by atoms with Crippen molar-refractivity contribution in [1.29, 1.82) is 0 Å². The van der Waals surface area contributed by atoms with Crippen LogP contribution in [0.4, 0.5) is 10.6 Å². The number of aromatic nitrogens is 2. The van der Waals surface area contributed by atoms with Crippen LogP contribution in [0.15, 0.2) is 6.07 Å². The Hall–Kier alpha value is -1.56. The second kappa shape index (κ2) is 8.85. The molecule has 1 atom stereocenters. The standard InChI is InChI=1S/C21H33ClN4O2/c1-5-7-16-12-18(24-19(22)23-16)25-11-6-8-17(14-25)26(13-15-9-10-15)20(27)28-21(2,3)4/h12,15,17H,5-11,13-14H2,1-4H3. The van der Waals surface area contributed by atoms with E-state index in [9.17, 15) is 4.79 Å². The van der Waals surface area contributed by atoms with E-state index in [0.717, 1.165) is 56.8 Å². The van der Waals surface area contributed by atoms with E-state index in [1.807, 2.05) is 31.7 Å². The van der Waals surface area contributed by atoms with Gasteiger partial charge in [0.25, 0.3) is 0 Å². The summed E-state index contributed by atoms with van der Waals surface area (Å²) in [5.74, 6) is 1.48. The summed E-state index contributed by atoms with van der Waals surface area (Å²) in [6.07, 6.45) is 6.12. The molecule has 3 rings (SSSR count). The summed E-state index contributed by atoms with van der Waals surface area (Å²) >= 11 is 6.17. The van der Waals surface area contributed by atoms with Crippen LogP contribution in [0, 0.1) is 5.92 Å². The van der Waals surface area contributed by atoms with Gasteiger partial charge in [-0.2, -0.15) is 0 Å². The molecule has 1 aliphatic carbocycles. The zero-order chi connectivity index (χ0) is 20.3. The Balaban J connectivity index is 1.75. The number of ether oxygens (including phenoxy) is 1. The molecule has 1 aromatic heterocycles. The second-order valence-electron chi connectivity index (χ2n) is 9.05. The van der Waals surface area contributed by atoms with Crippen molar-refractivity contribution in [3.05, 3.63) is 17.0 Å². The first-order chi connectivity index (χ1) is 13.2. The minimum Gasteiger partial charge on any atom is -0.444 e. The van der Waals surface area contributed by atoms with Crippen molar-refractivity contribution in [2.75, 3.05) is 24.5 Å². The van der Waals surface area contributed by atoms with Crippen molar-refractivity contribution in [3.63, 3.8) is 0 Å². The molecule has 2 aliphatic rings. The van der Waals surface area contributed by atoms with Gasteiger partial charge in [0.15, 0.2) is 0 Å². The molecule has 0 bridgehead atoms. The van der Waals surface area contributed by atoms with E-state index in [1.54, 1.807) is 0 Å². The highest BCUT2D eigenvalue weighted by Gasteiger charge is 2.36. The van der Waals surface area contributed by atoms with Crippen LogP contribution >= 0.6 is 11.6 Å². The zero-order valence-corrected chi connectivity index (χ0v) is 18.3. The van der Waals surface area contributed by atoms with E-state index >= 15 is 0 Å². The molecule has 1 aromatic rings. The maximum Gasteiger partial charge on any atom is 0.410 e. The van der Waals surface area contributed by atoms with Crippen molar-refractivity contribution in [1.82, 2.24) is 14.9 Å². The molecule has 1 unspecified atom stereocenters. The van der Waals surface area contributed by atoms with E-state index in [-0.39, 0.29) is 12.1 Å². The van der Waals surface area contributed by atoms with Crippen molar-refractivity contribution < 1.29 is 9.53 Å². The summed E-state index contributed by atoms with van der Waals surface area (Å²) in [5, 5.41) is 0.296. The molecule has 6 nitrogen and oxygen atoms in total. The third-order valence-electron chi connectivity index (χ3n) is 5.19. The van der Waals surface area contributed by atoms with Crippen LogP contribution in [0.25, 0.3) is 0 Å². The van der Waals surface area contributed by atoms with Gasteiger partial charge in [0.2, 0.25) is 5.28 Å². The fourth-order valence-electron chi connectivity index (χ4n) is 3.69. The zero-order valence-electron chi connectivity index (χ0n) is 17.6. The topological polar surface area (TPSA) is 58.6 Å². The fraction of sp³-hybridized carbons (Fsp3) is 0.762. The molecule has 0 aromatic carbocycles. The predicted octanol–water partition coefficient (Wildman–Crippen LogP) is 4.70. The number of rotatable bonds is 6. The minimum absolute atomic E-state index is 0.132. The van der Waals surface area contributed by atoms with Crippen LogP contribution in [0.2, 0.25) is 5.28 Å². The molecule has 0 spiro atoms. The van der Waals surface area contributed by atoms with Crippen molar-refractivity contribution in [2.45, 2.75) is 77.9 Å². The first kappa shape index (κ1) is 21.2. The van der Waals surface area contributed by atoms with Gasteiger partial charge >= 0.3 is 6.09 Å². The molecule has 1 aliphatic heterocycles. The van der Waals surface area contributed by atoms with Gasteiger partial charge in [-0.15, -0.1) is 0 Å². The van der Waals surface area contributed by atoms with Crippen LogP contribution in [0.3, 0.4) is 0 Å². The molecular weight excluding hydrogens is 376 g/mol. The number of nitrogens with zero attached hydrogens (tertiary/aromatic N) is 4. The summed E-state index contributed by atoms with van der Waals surface area (Å²) in [5.41, 5.74) is 0.490. The van der Waals surface area contributed by atoms with Gasteiger partial charge in [0, 0.05) is 31.4 Å². The third-order valence-corrected chi connectivity index (χ3v) is 5.35. The first-order valence-electron chi connectivity index (χ1n) is 10.5. The van der Waals surface area contributed by atoms with E-state index in [2.05, 4.69) is 21.8 Å². The first-order valence-corrected chi connectivity index (χ1v) is 10.9. The number of aryl methyl sites for hydroxylation is 1. The van der Waals surface area contributed by atoms with E-state index in [4.69, 9.17) is 16.3 Å². The van der Waals surface area contributed by atoms with Crippen molar-refractivity contribution >= 4 is 23.5 Å². The molecule has 1 saturated heterocycles. The Morgan fingerprint density at radius 1 is 1.32 bits per heavy atom. The third kappa shape index (κ3) is 5.97. The van der Waals surface area contributed by atoms with E-state index in [0.29, 0.717) is 11.2 Å². The summed E-state index contributed by atoms with van der Waals surface area (Å²) in [6.45, 7) is 10.4. The number of halogens is 1. The Labute approximate surface area is 173 Å². The number of carbonyl (C=O) groups is 1. The minimum atomic E-state index is -0.484. The largest absolute Gasteiger partial charge is 0.444 e. The fourth-order valence-corrected chi connectivity index (χ4v) is 3.88. The second-order valence-corrected chi connectivity index (χ2v) is 9.39. The van der Waals surface area contributed by atoms with Gasteiger partial charge in [0.1, 0.15) is 11.4 Å². The highest BCUT2D eigenvalue weighted by Crippen LogP contribution is 2.32. The molecular formula is C21H33ClN4O2. The molecule has 1 amide bonds. The summed E-state index contributed by atoms with van der Waals surface area (Å²) in [6, 6.07) is 2.17. The number of piperidine rings is 1. The Morgan fingerprint density at radius 3 is 2.71 bits per heavy atom. The van der Waals surface area contributed by atoms with Crippen molar-refractivity contribution in [2.24, 2.45) is 5.92 Å². The van der Waals surface area contributed by atoms with Crippen LogP contribution in [-0.4, -0.2) is 52.2 Å². The number of amides is 1. The summed E-state index contributed by atoms with van der Waals surface area (Å²) in [7, 11) is 0. The Kier molecular flexibility index (Phi) is 6.69. The molecule has 0 radical (unpaired) electrons. The molecule has 1 saturated carbocycles. The average molecular weight is 409 g/mol. The van der Waals surface area contributed by atoms with Crippen LogP contribution in [0.1, 0.15) is 65.5 Å². The van der Waals surface area contributed by atoms with Crippen LogP contribution < -0.4 is 4.90 Å². The summed E-state index contributed by atoms with van der Waals surface area (Å²) < 4.78 is 5.71. The molecule has 28 heavy (non-hydrogen) atoms. The number of hydrogen-bond donors (Lipinski definition) is 0. The lowest BCUT2D eigenvalue weighted by atomic mass is 10.0. The van der Waals surface area contributed by atoms with Gasteiger partial charge in [0.05, 0.1) is 6.04 Å². The molecule has 2 fully saturated rings. The van der Waals surface area contributed by atoms with Crippen LogP contribution in [-0.2, 0) is 11.2 Å². The number of anilines is 1. The Morgan fingerprint density at radius 2 is 2.07 bits per heavy atom. The maximum atomic E-state index is 12.9. The quantitative estimate of drug-likeness (QED) is 0.638. The normalized spacial score (nSPS) is 20.2. The highest BCUT2D eigenvalue weighted by atomic mass is 35.5. The van der Waals surface area contributed by atoms with Gasteiger partial charge in [-0.25, -0.2) is 14.8 Å². The molecule has 2 heterocycles. The number of carbonyl (C=O) groups excluding carboxylic acids is 1. The average Bonchev–Trinajstić information content (AvgIpc) is 3.42. The predicted molar refractivity (Wildman–Crippen MR) is 112 cm³/mol. The lowest BCUT2D eigenvalue weighted by molar-refractivity contribution is 0.0134.